The molecule has 1 heterocycles. The van der Waals surface area contributed by atoms with Crippen molar-refractivity contribution in [3.05, 3.63) is 0 Å². The van der Waals surface area contributed by atoms with Gasteiger partial charge in [0.15, 0.2) is 0 Å². The molecule has 0 aromatic rings. The summed E-state index contributed by atoms with van der Waals surface area (Å²) < 4.78 is 5.44. The van der Waals surface area contributed by atoms with Gasteiger partial charge in [-0.3, -0.25) is 4.79 Å². The highest BCUT2D eigenvalue weighted by atomic mass is 35.5. The van der Waals surface area contributed by atoms with Gasteiger partial charge in [-0.05, 0) is 32.6 Å². The maximum absolute atomic E-state index is 11.8. The van der Waals surface area contributed by atoms with E-state index in [9.17, 15) is 4.79 Å². The van der Waals surface area contributed by atoms with Gasteiger partial charge in [0.05, 0.1) is 0 Å². The average Bonchev–Trinajstić information content (AvgIpc) is 2.66. The van der Waals surface area contributed by atoms with Crippen LogP contribution in [0.5, 0.6) is 0 Å². The summed E-state index contributed by atoms with van der Waals surface area (Å²) in [6.07, 6.45) is 3.54. The van der Waals surface area contributed by atoms with E-state index in [1.807, 2.05) is 13.8 Å². The number of amides is 1. The van der Waals surface area contributed by atoms with Gasteiger partial charge >= 0.3 is 0 Å². The summed E-state index contributed by atoms with van der Waals surface area (Å²) in [5.74, 6) is -0.0000280. The normalized spacial score (nSPS) is 27.7. The van der Waals surface area contributed by atoms with Crippen LogP contribution in [0.4, 0.5) is 0 Å². The monoisotopic (exact) mass is 233 g/mol. The molecular weight excluding hydrogens is 214 g/mol. The van der Waals surface area contributed by atoms with Gasteiger partial charge in [0.1, 0.15) is 5.60 Å². The molecule has 0 aromatic heterocycles. The van der Waals surface area contributed by atoms with Crippen molar-refractivity contribution in [1.82, 2.24) is 5.32 Å². The van der Waals surface area contributed by atoms with Crippen LogP contribution < -0.4 is 5.32 Å². The van der Waals surface area contributed by atoms with Gasteiger partial charge in [-0.15, -0.1) is 11.6 Å². The minimum absolute atomic E-state index is 0.0000280. The highest BCUT2D eigenvalue weighted by molar-refractivity contribution is 6.20. The number of ether oxygens (including phenoxy) is 1. The molecular formula is C11H20ClNO2. The molecule has 1 aliphatic heterocycles. The van der Waals surface area contributed by atoms with Crippen LogP contribution in [0.1, 0.15) is 39.5 Å². The number of hydrogen-bond donors (Lipinski definition) is 1. The first kappa shape index (κ1) is 12.8. The molecule has 1 N–H and O–H groups in total. The maximum atomic E-state index is 11.8. The summed E-state index contributed by atoms with van der Waals surface area (Å²) in [6.45, 7) is 5.23. The Morgan fingerprint density at radius 3 is 2.93 bits per heavy atom. The fourth-order valence-electron chi connectivity index (χ4n) is 1.69. The van der Waals surface area contributed by atoms with E-state index < -0.39 is 5.60 Å². The molecule has 1 rings (SSSR count). The predicted molar refractivity (Wildman–Crippen MR) is 61.1 cm³/mol. The summed E-state index contributed by atoms with van der Waals surface area (Å²) in [5.41, 5.74) is -0.603. The highest BCUT2D eigenvalue weighted by Gasteiger charge is 2.37. The van der Waals surface area contributed by atoms with Crippen molar-refractivity contribution in [2.45, 2.75) is 50.5 Å². The molecule has 0 aromatic carbocycles. The third-order valence-electron chi connectivity index (χ3n) is 2.89. The number of rotatable bonds is 5. The standard InChI is InChI=1S/C11H20ClNO2/c1-3-9(12)5-7-13-10(14)11(2)6-4-8-15-11/h9H,3-8H2,1-2H3,(H,13,14). The Hall–Kier alpha value is -0.280. The summed E-state index contributed by atoms with van der Waals surface area (Å²) in [4.78, 5) is 11.8. The highest BCUT2D eigenvalue weighted by Crippen LogP contribution is 2.24. The van der Waals surface area contributed by atoms with Crippen molar-refractivity contribution in [1.29, 1.82) is 0 Å². The van der Waals surface area contributed by atoms with Crippen molar-refractivity contribution in [2.75, 3.05) is 13.2 Å². The van der Waals surface area contributed by atoms with E-state index in [2.05, 4.69) is 5.32 Å². The van der Waals surface area contributed by atoms with Crippen molar-refractivity contribution in [3.63, 3.8) is 0 Å². The van der Waals surface area contributed by atoms with Crippen LogP contribution in [0, 0.1) is 0 Å². The third kappa shape index (κ3) is 3.65. The third-order valence-corrected chi connectivity index (χ3v) is 3.41. The quantitative estimate of drug-likeness (QED) is 0.739. The Bertz CT molecular complexity index is 215. The van der Waals surface area contributed by atoms with Crippen LogP contribution >= 0.6 is 11.6 Å². The zero-order valence-corrected chi connectivity index (χ0v) is 10.3. The Morgan fingerprint density at radius 2 is 2.40 bits per heavy atom. The zero-order chi connectivity index (χ0) is 11.3. The first-order valence-corrected chi connectivity index (χ1v) is 6.08. The lowest BCUT2D eigenvalue weighted by atomic mass is 10.0. The lowest BCUT2D eigenvalue weighted by Crippen LogP contribution is -2.44. The van der Waals surface area contributed by atoms with Gasteiger partial charge in [-0.2, -0.15) is 0 Å². The molecule has 1 amide bonds. The predicted octanol–water partition coefficient (Wildman–Crippen LogP) is 2.08. The molecule has 0 spiro atoms. The average molecular weight is 234 g/mol. The van der Waals surface area contributed by atoms with E-state index in [0.29, 0.717) is 13.2 Å². The van der Waals surface area contributed by atoms with E-state index >= 15 is 0 Å². The Morgan fingerprint density at radius 1 is 1.67 bits per heavy atom. The van der Waals surface area contributed by atoms with E-state index in [1.54, 1.807) is 0 Å². The Labute approximate surface area is 96.5 Å². The lowest BCUT2D eigenvalue weighted by Gasteiger charge is -2.22. The summed E-state index contributed by atoms with van der Waals surface area (Å²) in [6, 6.07) is 0. The molecule has 88 valence electrons. The van der Waals surface area contributed by atoms with E-state index in [-0.39, 0.29) is 11.3 Å². The summed E-state index contributed by atoms with van der Waals surface area (Å²) in [5, 5.41) is 3.04. The van der Waals surface area contributed by atoms with Gasteiger partial charge in [-0.1, -0.05) is 6.92 Å². The largest absolute Gasteiger partial charge is 0.365 e. The second kappa shape index (κ2) is 5.71. The van der Waals surface area contributed by atoms with Gasteiger partial charge in [0.25, 0.3) is 5.91 Å². The minimum Gasteiger partial charge on any atom is -0.365 e. The molecule has 0 saturated carbocycles. The first-order valence-electron chi connectivity index (χ1n) is 5.65. The van der Waals surface area contributed by atoms with Crippen LogP contribution in [0.15, 0.2) is 0 Å². The molecule has 0 bridgehead atoms. The van der Waals surface area contributed by atoms with Crippen LogP contribution in [-0.4, -0.2) is 30.0 Å². The molecule has 2 unspecified atom stereocenters. The molecule has 0 radical (unpaired) electrons. The first-order chi connectivity index (χ1) is 7.08. The molecule has 0 aliphatic carbocycles. The number of nitrogens with one attached hydrogen (secondary N) is 1. The fraction of sp³-hybridized carbons (Fsp3) is 0.909. The van der Waals surface area contributed by atoms with Gasteiger partial charge in [0, 0.05) is 18.5 Å². The zero-order valence-electron chi connectivity index (χ0n) is 9.51. The van der Waals surface area contributed by atoms with Gasteiger partial charge in [0.2, 0.25) is 0 Å². The second-order valence-electron chi connectivity index (χ2n) is 4.23. The van der Waals surface area contributed by atoms with E-state index in [1.165, 1.54) is 0 Å². The molecule has 1 aliphatic rings. The van der Waals surface area contributed by atoms with E-state index in [4.69, 9.17) is 16.3 Å². The molecule has 1 saturated heterocycles. The molecule has 4 heteroatoms. The van der Waals surface area contributed by atoms with Crippen molar-refractivity contribution >= 4 is 17.5 Å². The number of hydrogen-bond acceptors (Lipinski definition) is 2. The van der Waals surface area contributed by atoms with Crippen LogP contribution in [-0.2, 0) is 9.53 Å². The Balaban J connectivity index is 2.24. The number of alkyl halides is 1. The van der Waals surface area contributed by atoms with E-state index in [0.717, 1.165) is 25.7 Å². The molecule has 2 atom stereocenters. The second-order valence-corrected chi connectivity index (χ2v) is 4.85. The minimum atomic E-state index is -0.603. The summed E-state index contributed by atoms with van der Waals surface area (Å²) in [7, 11) is 0. The van der Waals surface area contributed by atoms with Crippen molar-refractivity contribution in [3.8, 4) is 0 Å². The van der Waals surface area contributed by atoms with Crippen molar-refractivity contribution < 1.29 is 9.53 Å². The van der Waals surface area contributed by atoms with Crippen molar-refractivity contribution in [2.24, 2.45) is 0 Å². The maximum Gasteiger partial charge on any atom is 0.251 e. The lowest BCUT2D eigenvalue weighted by molar-refractivity contribution is -0.139. The Kier molecular flexibility index (Phi) is 4.87. The molecule has 3 nitrogen and oxygen atoms in total. The number of carbonyl (C=O) groups is 1. The SMILES string of the molecule is CCC(Cl)CCNC(=O)C1(C)CCCO1. The smallest absolute Gasteiger partial charge is 0.251 e. The van der Waals surface area contributed by atoms with Gasteiger partial charge in [-0.25, -0.2) is 0 Å². The van der Waals surface area contributed by atoms with Crippen LogP contribution in [0.3, 0.4) is 0 Å². The van der Waals surface area contributed by atoms with Crippen LogP contribution in [0.2, 0.25) is 0 Å². The molecule has 1 fully saturated rings. The molecule has 15 heavy (non-hydrogen) atoms. The van der Waals surface area contributed by atoms with Gasteiger partial charge < -0.3 is 10.1 Å². The topological polar surface area (TPSA) is 38.3 Å². The van der Waals surface area contributed by atoms with Crippen LogP contribution in [0.25, 0.3) is 0 Å². The summed E-state index contributed by atoms with van der Waals surface area (Å²) >= 11 is 5.96. The number of carbonyl (C=O) groups excluding carboxylic acids is 1. The number of halogens is 1. The fourth-order valence-corrected chi connectivity index (χ4v) is 1.80.